The molecule has 0 aromatic heterocycles. The predicted molar refractivity (Wildman–Crippen MR) is 66.9 cm³/mol. The fourth-order valence-corrected chi connectivity index (χ4v) is 2.32. The molecule has 1 saturated carbocycles. The zero-order chi connectivity index (χ0) is 13.6. The van der Waals surface area contributed by atoms with E-state index in [1.807, 2.05) is 31.2 Å². The highest BCUT2D eigenvalue weighted by Gasteiger charge is 2.62. The number of hydrogen-bond acceptors (Lipinski definition) is 3. The highest BCUT2D eigenvalue weighted by molar-refractivity contribution is 6.20. The first-order chi connectivity index (χ1) is 9.03. The van der Waals surface area contributed by atoms with Crippen molar-refractivity contribution < 1.29 is 14.4 Å². The summed E-state index contributed by atoms with van der Waals surface area (Å²) < 4.78 is 0. The van der Waals surface area contributed by atoms with Gasteiger partial charge in [-0.05, 0) is 25.3 Å². The van der Waals surface area contributed by atoms with E-state index in [0.29, 0.717) is 12.8 Å². The molecule has 0 radical (unpaired) electrons. The average Bonchev–Trinajstić information content (AvgIpc) is 3.17. The van der Waals surface area contributed by atoms with Crippen molar-refractivity contribution in [3.63, 3.8) is 0 Å². The molecule has 1 aliphatic carbocycles. The van der Waals surface area contributed by atoms with Crippen molar-refractivity contribution in [3.05, 3.63) is 35.4 Å². The number of carbonyl (C=O) groups excluding carboxylic acids is 3. The van der Waals surface area contributed by atoms with Gasteiger partial charge in [0, 0.05) is 0 Å². The second kappa shape index (κ2) is 3.91. The number of urea groups is 1. The topological polar surface area (TPSA) is 66.5 Å². The van der Waals surface area contributed by atoms with Crippen LogP contribution < -0.4 is 5.32 Å². The van der Waals surface area contributed by atoms with Crippen LogP contribution in [0.2, 0.25) is 0 Å². The van der Waals surface area contributed by atoms with Gasteiger partial charge in [0.2, 0.25) is 11.8 Å². The van der Waals surface area contributed by atoms with E-state index in [2.05, 4.69) is 5.32 Å². The van der Waals surface area contributed by atoms with E-state index in [1.165, 1.54) is 0 Å². The maximum Gasteiger partial charge on any atom is 0.331 e. The molecule has 0 unspecified atom stereocenters. The zero-order valence-corrected chi connectivity index (χ0v) is 10.6. The second-order valence-corrected chi connectivity index (χ2v) is 5.22. The van der Waals surface area contributed by atoms with Gasteiger partial charge < -0.3 is 0 Å². The Hall–Kier alpha value is -2.17. The minimum atomic E-state index is -0.960. The molecule has 1 aromatic rings. The van der Waals surface area contributed by atoms with E-state index in [9.17, 15) is 14.4 Å². The molecule has 1 N–H and O–H groups in total. The van der Waals surface area contributed by atoms with Gasteiger partial charge in [0.25, 0.3) is 0 Å². The van der Waals surface area contributed by atoms with Crippen molar-refractivity contribution >= 4 is 17.8 Å². The zero-order valence-electron chi connectivity index (χ0n) is 10.6. The first-order valence-corrected chi connectivity index (χ1v) is 6.26. The van der Waals surface area contributed by atoms with E-state index >= 15 is 0 Å². The summed E-state index contributed by atoms with van der Waals surface area (Å²) in [7, 11) is 0. The highest BCUT2D eigenvalue weighted by atomic mass is 16.2. The Morgan fingerprint density at radius 3 is 2.37 bits per heavy atom. The van der Waals surface area contributed by atoms with Crippen LogP contribution in [-0.4, -0.2) is 22.7 Å². The number of aryl methyl sites for hydroxylation is 1. The molecular weight excluding hydrogens is 244 g/mol. The lowest BCUT2D eigenvalue weighted by molar-refractivity contribution is -0.145. The average molecular weight is 258 g/mol. The molecule has 2 aliphatic rings. The molecule has 1 aliphatic heterocycles. The van der Waals surface area contributed by atoms with Crippen LogP contribution in [0.15, 0.2) is 24.3 Å². The monoisotopic (exact) mass is 258 g/mol. The lowest BCUT2D eigenvalue weighted by Gasteiger charge is -2.30. The third-order valence-corrected chi connectivity index (χ3v) is 3.77. The Morgan fingerprint density at radius 1 is 1.16 bits per heavy atom. The van der Waals surface area contributed by atoms with E-state index in [4.69, 9.17) is 0 Å². The molecule has 1 saturated heterocycles. The van der Waals surface area contributed by atoms with Crippen LogP contribution in [0.25, 0.3) is 0 Å². The SMILES string of the molecule is Cc1ccc(CN2C(=O)NC(=O)C3(CC3)C2=O)cc1. The van der Waals surface area contributed by atoms with Crippen LogP contribution in [0.1, 0.15) is 24.0 Å². The quantitative estimate of drug-likeness (QED) is 0.814. The van der Waals surface area contributed by atoms with Crippen molar-refractivity contribution in [2.24, 2.45) is 5.41 Å². The third-order valence-electron chi connectivity index (χ3n) is 3.77. The van der Waals surface area contributed by atoms with Gasteiger partial charge in [-0.2, -0.15) is 0 Å². The summed E-state index contributed by atoms with van der Waals surface area (Å²) in [5.41, 5.74) is 1.03. The Morgan fingerprint density at radius 2 is 1.79 bits per heavy atom. The van der Waals surface area contributed by atoms with Crippen LogP contribution in [-0.2, 0) is 16.1 Å². The number of amides is 4. The number of hydrogen-bond donors (Lipinski definition) is 1. The maximum atomic E-state index is 12.2. The molecule has 0 bridgehead atoms. The first kappa shape index (κ1) is 11.9. The van der Waals surface area contributed by atoms with E-state index < -0.39 is 17.4 Å². The molecule has 98 valence electrons. The van der Waals surface area contributed by atoms with Gasteiger partial charge in [-0.25, -0.2) is 4.79 Å². The largest absolute Gasteiger partial charge is 0.331 e. The summed E-state index contributed by atoms with van der Waals surface area (Å²) in [5.74, 6) is -0.801. The van der Waals surface area contributed by atoms with Gasteiger partial charge in [0.1, 0.15) is 5.41 Å². The van der Waals surface area contributed by atoms with Crippen LogP contribution in [0.5, 0.6) is 0 Å². The molecule has 1 spiro atoms. The molecule has 5 nitrogen and oxygen atoms in total. The summed E-state index contributed by atoms with van der Waals surface area (Å²) in [6.45, 7) is 2.18. The fraction of sp³-hybridized carbons (Fsp3) is 0.357. The van der Waals surface area contributed by atoms with Crippen LogP contribution in [0, 0.1) is 12.3 Å². The van der Waals surface area contributed by atoms with Crippen molar-refractivity contribution in [1.29, 1.82) is 0 Å². The molecule has 2 fully saturated rings. The molecular formula is C14H14N2O3. The van der Waals surface area contributed by atoms with Crippen molar-refractivity contribution in [2.75, 3.05) is 0 Å². The molecule has 5 heteroatoms. The number of barbiturate groups is 1. The lowest BCUT2D eigenvalue weighted by Crippen LogP contribution is -2.58. The first-order valence-electron chi connectivity index (χ1n) is 6.26. The predicted octanol–water partition coefficient (Wildman–Crippen LogP) is 1.35. The number of nitrogens with zero attached hydrogens (tertiary/aromatic N) is 1. The van der Waals surface area contributed by atoms with Crippen LogP contribution >= 0.6 is 0 Å². The molecule has 1 aromatic carbocycles. The number of benzene rings is 1. The minimum Gasteiger partial charge on any atom is -0.277 e. The van der Waals surface area contributed by atoms with Gasteiger partial charge in [0.15, 0.2) is 0 Å². The summed E-state index contributed by atoms with van der Waals surface area (Å²) in [6.07, 6.45) is 1.07. The molecule has 4 amide bonds. The van der Waals surface area contributed by atoms with Crippen LogP contribution in [0.4, 0.5) is 4.79 Å². The molecule has 0 atom stereocenters. The Bertz CT molecular complexity index is 573. The highest BCUT2D eigenvalue weighted by Crippen LogP contribution is 2.49. The van der Waals surface area contributed by atoms with E-state index in [-0.39, 0.29) is 12.5 Å². The second-order valence-electron chi connectivity index (χ2n) is 5.22. The molecule has 3 rings (SSSR count). The molecule has 19 heavy (non-hydrogen) atoms. The van der Waals surface area contributed by atoms with Gasteiger partial charge in [-0.3, -0.25) is 19.8 Å². The fourth-order valence-electron chi connectivity index (χ4n) is 2.32. The van der Waals surface area contributed by atoms with Crippen molar-refractivity contribution in [3.8, 4) is 0 Å². The summed E-state index contributed by atoms with van der Waals surface area (Å²) in [6, 6.07) is 7.00. The lowest BCUT2D eigenvalue weighted by atomic mass is 10.0. The molecule has 1 heterocycles. The number of nitrogens with one attached hydrogen (secondary N) is 1. The number of carbonyl (C=O) groups is 3. The smallest absolute Gasteiger partial charge is 0.277 e. The van der Waals surface area contributed by atoms with E-state index in [0.717, 1.165) is 16.0 Å². The maximum absolute atomic E-state index is 12.2. The van der Waals surface area contributed by atoms with Gasteiger partial charge >= 0.3 is 6.03 Å². The summed E-state index contributed by atoms with van der Waals surface area (Å²) >= 11 is 0. The number of rotatable bonds is 2. The summed E-state index contributed by atoms with van der Waals surface area (Å²) in [4.78, 5) is 36.8. The van der Waals surface area contributed by atoms with E-state index in [1.54, 1.807) is 0 Å². The summed E-state index contributed by atoms with van der Waals surface area (Å²) in [5, 5.41) is 2.27. The van der Waals surface area contributed by atoms with Gasteiger partial charge in [-0.1, -0.05) is 29.8 Å². The van der Waals surface area contributed by atoms with Gasteiger partial charge in [-0.15, -0.1) is 0 Å². The normalized spacial score (nSPS) is 20.7. The Balaban J connectivity index is 1.83. The minimum absolute atomic E-state index is 0.208. The third kappa shape index (κ3) is 1.82. The number of imide groups is 2. The Kier molecular flexibility index (Phi) is 2.45. The van der Waals surface area contributed by atoms with Crippen molar-refractivity contribution in [1.82, 2.24) is 10.2 Å². The Labute approximate surface area is 110 Å². The van der Waals surface area contributed by atoms with Crippen molar-refractivity contribution in [2.45, 2.75) is 26.3 Å². The van der Waals surface area contributed by atoms with Gasteiger partial charge in [0.05, 0.1) is 6.54 Å². The standard InChI is InChI=1S/C14H14N2O3/c1-9-2-4-10(5-3-9)8-16-12(18)14(6-7-14)11(17)15-13(16)19/h2-5H,6-8H2,1H3,(H,15,17,19). The van der Waals surface area contributed by atoms with Crippen LogP contribution in [0.3, 0.4) is 0 Å².